The number of hydrogen-bond donors (Lipinski definition) is 2. The number of rotatable bonds is 6. The Labute approximate surface area is 218 Å². The van der Waals surface area contributed by atoms with Gasteiger partial charge in [0, 0.05) is 47.5 Å². The number of fused-ring (bicyclic) bond motifs is 1. The van der Waals surface area contributed by atoms with E-state index in [1.165, 1.54) is 6.07 Å². The van der Waals surface area contributed by atoms with Crippen LogP contribution in [-0.4, -0.2) is 75.8 Å². The molecule has 0 aliphatic carbocycles. The van der Waals surface area contributed by atoms with Crippen molar-refractivity contribution in [3.8, 4) is 11.3 Å². The van der Waals surface area contributed by atoms with Crippen LogP contribution in [-0.2, 0) is 19.6 Å². The molecular formula is C26H29F3N4O4S. The van der Waals surface area contributed by atoms with Gasteiger partial charge >= 0.3 is 6.18 Å². The molecule has 2 aliphatic rings. The standard InChI is InChI=1S/C26H29F3N4O4S/c1-17-4-6-21-18(12-17)13-22(31-21)20-14-19(5-7-23(20)32-8-2-3-9-32)38(35,36)30-15-25(34)33-10-11-37-24(16-33)26(27,28)29/h4-7,12-14,24,30-31H,2-3,8-11,15-16H2,1H3/t24-/m1/s1. The number of amides is 1. The molecule has 38 heavy (non-hydrogen) atoms. The maximum absolute atomic E-state index is 13.2. The Morgan fingerprint density at radius 1 is 1.11 bits per heavy atom. The first kappa shape index (κ1) is 26.5. The van der Waals surface area contributed by atoms with E-state index in [1.807, 2.05) is 31.2 Å². The molecule has 2 saturated heterocycles. The summed E-state index contributed by atoms with van der Waals surface area (Å²) in [6.45, 7) is 2.10. The zero-order valence-corrected chi connectivity index (χ0v) is 21.7. The SMILES string of the molecule is Cc1ccc2[nH]c(-c3cc(S(=O)(=O)NCC(=O)N4CCO[C@@H](C(F)(F)F)C4)ccc3N3CCCC3)cc2c1. The molecule has 2 N–H and O–H groups in total. The van der Waals surface area contributed by atoms with Gasteiger partial charge in [0.15, 0.2) is 6.10 Å². The first-order valence-corrected chi connectivity index (χ1v) is 13.9. The molecular weight excluding hydrogens is 521 g/mol. The summed E-state index contributed by atoms with van der Waals surface area (Å²) in [4.78, 5) is 19.1. The number of carbonyl (C=O) groups is 1. The Hall–Kier alpha value is -3.09. The number of aromatic amines is 1. The number of carbonyl (C=O) groups excluding carboxylic acids is 1. The number of aryl methyl sites for hydroxylation is 1. The van der Waals surface area contributed by atoms with Gasteiger partial charge in [-0.3, -0.25) is 4.79 Å². The lowest BCUT2D eigenvalue weighted by Crippen LogP contribution is -2.53. The molecule has 0 unspecified atom stereocenters. The average molecular weight is 551 g/mol. The monoisotopic (exact) mass is 550 g/mol. The van der Waals surface area contributed by atoms with Crippen LogP contribution in [0.15, 0.2) is 47.4 Å². The number of anilines is 1. The minimum Gasteiger partial charge on any atom is -0.371 e. The average Bonchev–Trinajstić information content (AvgIpc) is 3.56. The van der Waals surface area contributed by atoms with Gasteiger partial charge in [-0.25, -0.2) is 13.1 Å². The Kier molecular flexibility index (Phi) is 7.14. The van der Waals surface area contributed by atoms with Crippen LogP contribution in [0.5, 0.6) is 0 Å². The number of nitrogens with zero attached hydrogens (tertiary/aromatic N) is 2. The van der Waals surface area contributed by atoms with Gasteiger partial charge in [-0.15, -0.1) is 0 Å². The number of ether oxygens (including phenoxy) is 1. The minimum absolute atomic E-state index is 0.0340. The molecule has 3 aromatic rings. The van der Waals surface area contributed by atoms with E-state index in [1.54, 1.807) is 12.1 Å². The minimum atomic E-state index is -4.60. The van der Waals surface area contributed by atoms with Gasteiger partial charge in [-0.2, -0.15) is 13.2 Å². The van der Waals surface area contributed by atoms with Crippen molar-refractivity contribution in [3.63, 3.8) is 0 Å². The van der Waals surface area contributed by atoms with Crippen LogP contribution in [0.25, 0.3) is 22.2 Å². The van der Waals surface area contributed by atoms with Gasteiger partial charge in [-0.1, -0.05) is 11.6 Å². The molecule has 0 radical (unpaired) electrons. The van der Waals surface area contributed by atoms with Crippen LogP contribution < -0.4 is 9.62 Å². The number of alkyl halides is 3. The van der Waals surface area contributed by atoms with Crippen molar-refractivity contribution < 1.29 is 31.1 Å². The van der Waals surface area contributed by atoms with Gasteiger partial charge in [0.05, 0.1) is 24.6 Å². The molecule has 0 saturated carbocycles. The van der Waals surface area contributed by atoms with E-state index in [2.05, 4.69) is 14.6 Å². The first-order chi connectivity index (χ1) is 18.0. The van der Waals surface area contributed by atoms with Crippen molar-refractivity contribution in [1.29, 1.82) is 0 Å². The Balaban J connectivity index is 1.39. The highest BCUT2D eigenvalue weighted by atomic mass is 32.2. The summed E-state index contributed by atoms with van der Waals surface area (Å²) in [5.74, 6) is -0.744. The summed E-state index contributed by atoms with van der Waals surface area (Å²) in [5.41, 5.74) is 4.43. The van der Waals surface area contributed by atoms with Crippen LogP contribution in [0, 0.1) is 6.92 Å². The van der Waals surface area contributed by atoms with Crippen LogP contribution >= 0.6 is 0 Å². The highest BCUT2D eigenvalue weighted by molar-refractivity contribution is 7.89. The summed E-state index contributed by atoms with van der Waals surface area (Å²) in [5, 5.41) is 1.01. The number of hydrogen-bond acceptors (Lipinski definition) is 5. The van der Waals surface area contributed by atoms with Crippen LogP contribution in [0.2, 0.25) is 0 Å². The van der Waals surface area contributed by atoms with E-state index >= 15 is 0 Å². The van der Waals surface area contributed by atoms with Crippen molar-refractivity contribution in [3.05, 3.63) is 48.0 Å². The summed E-state index contributed by atoms with van der Waals surface area (Å²) in [6, 6.07) is 12.8. The Morgan fingerprint density at radius 3 is 2.61 bits per heavy atom. The number of sulfonamides is 1. The van der Waals surface area contributed by atoms with E-state index in [0.29, 0.717) is 0 Å². The van der Waals surface area contributed by atoms with E-state index in [-0.39, 0.29) is 18.0 Å². The molecule has 1 amide bonds. The smallest absolute Gasteiger partial charge is 0.371 e. The van der Waals surface area contributed by atoms with E-state index in [0.717, 1.165) is 64.2 Å². The number of morpholine rings is 1. The summed E-state index contributed by atoms with van der Waals surface area (Å²) < 4.78 is 72.3. The Bertz CT molecular complexity index is 1450. The maximum atomic E-state index is 13.2. The lowest BCUT2D eigenvalue weighted by molar-refractivity contribution is -0.236. The van der Waals surface area contributed by atoms with Gasteiger partial charge in [0.1, 0.15) is 0 Å². The lowest BCUT2D eigenvalue weighted by Gasteiger charge is -2.33. The summed E-state index contributed by atoms with van der Waals surface area (Å²) in [6.07, 6.45) is -4.59. The maximum Gasteiger partial charge on any atom is 0.416 e. The number of nitrogens with one attached hydrogen (secondary N) is 2. The molecule has 3 heterocycles. The summed E-state index contributed by atoms with van der Waals surface area (Å²) >= 11 is 0. The topological polar surface area (TPSA) is 94.7 Å². The van der Waals surface area contributed by atoms with Crippen LogP contribution in [0.3, 0.4) is 0 Å². The molecule has 0 spiro atoms. The van der Waals surface area contributed by atoms with Crippen molar-refractivity contribution in [1.82, 2.24) is 14.6 Å². The third-order valence-electron chi connectivity index (χ3n) is 6.99. The highest BCUT2D eigenvalue weighted by Gasteiger charge is 2.44. The van der Waals surface area contributed by atoms with Crippen molar-refractivity contribution in [2.45, 2.75) is 36.9 Å². The number of aromatic nitrogens is 1. The van der Waals surface area contributed by atoms with Crippen molar-refractivity contribution >= 4 is 32.5 Å². The molecule has 2 aromatic carbocycles. The third kappa shape index (κ3) is 5.52. The third-order valence-corrected chi connectivity index (χ3v) is 8.39. The van der Waals surface area contributed by atoms with Crippen LogP contribution in [0.1, 0.15) is 18.4 Å². The molecule has 12 heteroatoms. The van der Waals surface area contributed by atoms with Crippen LogP contribution in [0.4, 0.5) is 18.9 Å². The fourth-order valence-electron chi connectivity index (χ4n) is 4.95. The summed E-state index contributed by atoms with van der Waals surface area (Å²) in [7, 11) is -4.13. The zero-order valence-electron chi connectivity index (χ0n) is 20.8. The van der Waals surface area contributed by atoms with E-state index in [4.69, 9.17) is 4.74 Å². The number of benzene rings is 2. The van der Waals surface area contributed by atoms with E-state index < -0.39 is 41.3 Å². The molecule has 1 aromatic heterocycles. The van der Waals surface area contributed by atoms with Crippen molar-refractivity contribution in [2.75, 3.05) is 44.2 Å². The lowest BCUT2D eigenvalue weighted by atomic mass is 10.1. The first-order valence-electron chi connectivity index (χ1n) is 12.5. The second kappa shape index (κ2) is 10.2. The molecule has 1 atom stereocenters. The predicted molar refractivity (Wildman–Crippen MR) is 137 cm³/mol. The van der Waals surface area contributed by atoms with Gasteiger partial charge < -0.3 is 19.5 Å². The fraction of sp³-hybridized carbons (Fsp3) is 0.423. The van der Waals surface area contributed by atoms with Crippen molar-refractivity contribution in [2.24, 2.45) is 0 Å². The highest BCUT2D eigenvalue weighted by Crippen LogP contribution is 2.36. The quantitative estimate of drug-likeness (QED) is 0.487. The van der Waals surface area contributed by atoms with Gasteiger partial charge in [0.2, 0.25) is 15.9 Å². The number of H-pyrrole nitrogens is 1. The zero-order chi connectivity index (χ0) is 27.1. The molecule has 2 fully saturated rings. The second-order valence-electron chi connectivity index (χ2n) is 9.71. The number of halogens is 3. The molecule has 8 nitrogen and oxygen atoms in total. The fourth-order valence-corrected chi connectivity index (χ4v) is 5.96. The molecule has 2 aliphatic heterocycles. The molecule has 204 valence electrons. The van der Waals surface area contributed by atoms with Gasteiger partial charge in [-0.05, 0) is 56.2 Å². The normalized spacial score (nSPS) is 18.9. The molecule has 5 rings (SSSR count). The second-order valence-corrected chi connectivity index (χ2v) is 11.5. The molecule has 0 bridgehead atoms. The predicted octanol–water partition coefficient (Wildman–Crippen LogP) is 3.81. The largest absolute Gasteiger partial charge is 0.416 e. The Morgan fingerprint density at radius 2 is 1.87 bits per heavy atom. The van der Waals surface area contributed by atoms with E-state index in [9.17, 15) is 26.4 Å². The van der Waals surface area contributed by atoms with Gasteiger partial charge in [0.25, 0.3) is 0 Å².